The summed E-state index contributed by atoms with van der Waals surface area (Å²) in [6.45, 7) is 0. The predicted octanol–water partition coefficient (Wildman–Crippen LogP) is 2.60. The quantitative estimate of drug-likeness (QED) is 0.808. The van der Waals surface area contributed by atoms with Gasteiger partial charge >= 0.3 is 0 Å². The van der Waals surface area contributed by atoms with E-state index in [-0.39, 0.29) is 29.5 Å². The van der Waals surface area contributed by atoms with E-state index < -0.39 is 0 Å². The number of rotatable bonds is 4. The van der Waals surface area contributed by atoms with Crippen molar-refractivity contribution in [3.63, 3.8) is 0 Å². The molecule has 0 spiro atoms. The van der Waals surface area contributed by atoms with Crippen molar-refractivity contribution in [3.05, 3.63) is 48.4 Å². The molecule has 1 aliphatic rings. The summed E-state index contributed by atoms with van der Waals surface area (Å²) in [6.07, 6.45) is 4.18. The number of carbonyl (C=O) groups is 2. The SMILES string of the molecule is NC1CCCC1C(=O)Nc1ccc(NC(=O)c2ccco2)cc1. The van der Waals surface area contributed by atoms with Crippen molar-refractivity contribution in [1.29, 1.82) is 0 Å². The van der Waals surface area contributed by atoms with Gasteiger partial charge in [0.2, 0.25) is 5.91 Å². The Balaban J connectivity index is 1.59. The first-order chi connectivity index (χ1) is 11.1. The van der Waals surface area contributed by atoms with Crippen molar-refractivity contribution < 1.29 is 14.0 Å². The fraction of sp³-hybridized carbons (Fsp3) is 0.294. The molecule has 2 unspecified atom stereocenters. The molecule has 1 saturated carbocycles. The molecular weight excluding hydrogens is 294 g/mol. The van der Waals surface area contributed by atoms with Crippen LogP contribution in [-0.2, 0) is 4.79 Å². The average Bonchev–Trinajstić information content (AvgIpc) is 3.20. The Morgan fingerprint density at radius 2 is 1.74 bits per heavy atom. The maximum absolute atomic E-state index is 12.2. The van der Waals surface area contributed by atoms with Gasteiger partial charge in [0.05, 0.1) is 12.2 Å². The number of hydrogen-bond acceptors (Lipinski definition) is 4. The number of hydrogen-bond donors (Lipinski definition) is 3. The molecule has 0 aliphatic heterocycles. The third-order valence-electron chi connectivity index (χ3n) is 4.06. The second kappa shape index (κ2) is 6.66. The van der Waals surface area contributed by atoms with E-state index in [0.29, 0.717) is 11.4 Å². The third-order valence-corrected chi connectivity index (χ3v) is 4.06. The highest BCUT2D eigenvalue weighted by Gasteiger charge is 2.30. The van der Waals surface area contributed by atoms with Gasteiger partial charge in [-0.05, 0) is 49.2 Å². The molecule has 2 amide bonds. The van der Waals surface area contributed by atoms with E-state index in [2.05, 4.69) is 10.6 Å². The van der Waals surface area contributed by atoms with Gasteiger partial charge in [-0.2, -0.15) is 0 Å². The van der Waals surface area contributed by atoms with E-state index in [1.54, 1.807) is 36.4 Å². The number of benzene rings is 1. The molecular formula is C17H19N3O3. The Morgan fingerprint density at radius 1 is 1.04 bits per heavy atom. The van der Waals surface area contributed by atoms with Gasteiger partial charge in [0.25, 0.3) is 5.91 Å². The fourth-order valence-electron chi connectivity index (χ4n) is 2.79. The normalized spacial score (nSPS) is 20.2. The van der Waals surface area contributed by atoms with Crippen molar-refractivity contribution in [2.45, 2.75) is 25.3 Å². The van der Waals surface area contributed by atoms with E-state index in [1.807, 2.05) is 0 Å². The molecule has 3 rings (SSSR count). The van der Waals surface area contributed by atoms with Crippen molar-refractivity contribution in [1.82, 2.24) is 0 Å². The van der Waals surface area contributed by atoms with Crippen molar-refractivity contribution in [2.75, 3.05) is 10.6 Å². The molecule has 1 heterocycles. The van der Waals surface area contributed by atoms with Crippen LogP contribution in [0.1, 0.15) is 29.8 Å². The van der Waals surface area contributed by atoms with E-state index in [0.717, 1.165) is 19.3 Å². The lowest BCUT2D eigenvalue weighted by atomic mass is 10.0. The van der Waals surface area contributed by atoms with Gasteiger partial charge in [-0.1, -0.05) is 6.42 Å². The van der Waals surface area contributed by atoms with Crippen LogP contribution < -0.4 is 16.4 Å². The van der Waals surface area contributed by atoms with Gasteiger partial charge in [0.1, 0.15) is 0 Å². The van der Waals surface area contributed by atoms with Crippen LogP contribution in [0.4, 0.5) is 11.4 Å². The van der Waals surface area contributed by atoms with Crippen LogP contribution in [0.2, 0.25) is 0 Å². The van der Waals surface area contributed by atoms with Crippen LogP contribution in [0.5, 0.6) is 0 Å². The van der Waals surface area contributed by atoms with Gasteiger partial charge in [-0.25, -0.2) is 0 Å². The van der Waals surface area contributed by atoms with Crippen LogP contribution in [0, 0.1) is 5.92 Å². The molecule has 1 fully saturated rings. The minimum atomic E-state index is -0.316. The highest BCUT2D eigenvalue weighted by molar-refractivity contribution is 6.02. The summed E-state index contributed by atoms with van der Waals surface area (Å²) in [5.74, 6) is -0.225. The zero-order valence-corrected chi connectivity index (χ0v) is 12.6. The van der Waals surface area contributed by atoms with Crippen LogP contribution in [-0.4, -0.2) is 17.9 Å². The number of carbonyl (C=O) groups excluding carboxylic acids is 2. The molecule has 6 heteroatoms. The van der Waals surface area contributed by atoms with Crippen LogP contribution >= 0.6 is 0 Å². The second-order valence-electron chi connectivity index (χ2n) is 5.70. The number of amides is 2. The first-order valence-corrected chi connectivity index (χ1v) is 7.65. The average molecular weight is 313 g/mol. The zero-order valence-electron chi connectivity index (χ0n) is 12.6. The zero-order chi connectivity index (χ0) is 16.2. The van der Waals surface area contributed by atoms with E-state index in [1.165, 1.54) is 6.26 Å². The first-order valence-electron chi connectivity index (χ1n) is 7.65. The van der Waals surface area contributed by atoms with Crippen LogP contribution in [0.15, 0.2) is 47.1 Å². The summed E-state index contributed by atoms with van der Waals surface area (Å²) in [6, 6.07) is 10.1. The highest BCUT2D eigenvalue weighted by atomic mass is 16.3. The Hall–Kier alpha value is -2.60. The molecule has 1 aliphatic carbocycles. The fourth-order valence-corrected chi connectivity index (χ4v) is 2.79. The Kier molecular flexibility index (Phi) is 4.43. The monoisotopic (exact) mass is 313 g/mol. The maximum atomic E-state index is 12.2. The predicted molar refractivity (Wildman–Crippen MR) is 87.0 cm³/mol. The van der Waals surface area contributed by atoms with Gasteiger partial charge in [-0.15, -0.1) is 0 Å². The van der Waals surface area contributed by atoms with E-state index >= 15 is 0 Å². The van der Waals surface area contributed by atoms with Crippen LogP contribution in [0.25, 0.3) is 0 Å². The Bertz CT molecular complexity index is 680. The smallest absolute Gasteiger partial charge is 0.291 e. The minimum Gasteiger partial charge on any atom is -0.459 e. The molecule has 6 nitrogen and oxygen atoms in total. The van der Waals surface area contributed by atoms with Crippen molar-refractivity contribution >= 4 is 23.2 Å². The molecule has 0 saturated heterocycles. The van der Waals surface area contributed by atoms with Gasteiger partial charge < -0.3 is 20.8 Å². The molecule has 2 atom stereocenters. The molecule has 2 aromatic rings. The van der Waals surface area contributed by atoms with E-state index in [4.69, 9.17) is 10.2 Å². The number of furan rings is 1. The topological polar surface area (TPSA) is 97.4 Å². The number of nitrogens with one attached hydrogen (secondary N) is 2. The third kappa shape index (κ3) is 3.60. The minimum absolute atomic E-state index is 0.0395. The highest BCUT2D eigenvalue weighted by Crippen LogP contribution is 2.25. The molecule has 1 aromatic heterocycles. The molecule has 120 valence electrons. The van der Waals surface area contributed by atoms with Crippen molar-refractivity contribution in [3.8, 4) is 0 Å². The summed E-state index contributed by atoms with van der Waals surface area (Å²) in [4.78, 5) is 24.0. The summed E-state index contributed by atoms with van der Waals surface area (Å²) in [5.41, 5.74) is 7.25. The standard InChI is InChI=1S/C17H19N3O3/c18-14-4-1-3-13(14)16(21)19-11-6-8-12(9-7-11)20-17(22)15-5-2-10-23-15/h2,5-10,13-14H,1,3-4,18H2,(H,19,21)(H,20,22). The summed E-state index contributed by atoms with van der Waals surface area (Å²) in [5, 5.41) is 5.59. The van der Waals surface area contributed by atoms with Crippen LogP contribution in [0.3, 0.4) is 0 Å². The molecule has 0 radical (unpaired) electrons. The molecule has 23 heavy (non-hydrogen) atoms. The molecule has 1 aromatic carbocycles. The summed E-state index contributed by atoms with van der Waals surface area (Å²) in [7, 11) is 0. The lowest BCUT2D eigenvalue weighted by Gasteiger charge is -2.15. The first kappa shape index (κ1) is 15.3. The van der Waals surface area contributed by atoms with Gasteiger partial charge in [-0.3, -0.25) is 9.59 Å². The Morgan fingerprint density at radius 3 is 2.30 bits per heavy atom. The van der Waals surface area contributed by atoms with Gasteiger partial charge in [0.15, 0.2) is 5.76 Å². The van der Waals surface area contributed by atoms with Crippen molar-refractivity contribution in [2.24, 2.45) is 11.7 Å². The molecule has 4 N–H and O–H groups in total. The largest absolute Gasteiger partial charge is 0.459 e. The second-order valence-corrected chi connectivity index (χ2v) is 5.70. The summed E-state index contributed by atoms with van der Waals surface area (Å²) >= 11 is 0. The van der Waals surface area contributed by atoms with Gasteiger partial charge in [0, 0.05) is 17.4 Å². The lowest BCUT2D eigenvalue weighted by molar-refractivity contribution is -0.120. The lowest BCUT2D eigenvalue weighted by Crippen LogP contribution is -2.34. The Labute approximate surface area is 134 Å². The summed E-state index contributed by atoms with van der Waals surface area (Å²) < 4.78 is 5.03. The number of nitrogens with two attached hydrogens (primary N) is 1. The molecule has 0 bridgehead atoms. The maximum Gasteiger partial charge on any atom is 0.291 e. The number of anilines is 2. The van der Waals surface area contributed by atoms with E-state index in [9.17, 15) is 9.59 Å².